The zero-order chi connectivity index (χ0) is 18.9. The van der Waals surface area contributed by atoms with E-state index in [0.717, 1.165) is 31.9 Å². The second-order valence-electron chi connectivity index (χ2n) is 4.98. The number of rotatable bonds is 11. The average Bonchev–Trinajstić information content (AvgIpc) is 2.58. The van der Waals surface area contributed by atoms with Crippen LogP contribution in [0.15, 0.2) is 24.3 Å². The van der Waals surface area contributed by atoms with Gasteiger partial charge in [0.25, 0.3) is 0 Å². The topological polar surface area (TPSA) is 114 Å². The molecule has 0 atom stereocenters. The Morgan fingerprint density at radius 1 is 0.960 bits per heavy atom. The van der Waals surface area contributed by atoms with Crippen LogP contribution in [0, 0.1) is 6.92 Å². The Labute approximate surface area is 147 Å². The highest BCUT2D eigenvalue weighted by Crippen LogP contribution is 2.10. The van der Waals surface area contributed by atoms with Crippen LogP contribution in [0.25, 0.3) is 0 Å². The summed E-state index contributed by atoms with van der Waals surface area (Å²) in [5, 5.41) is 18.1. The number of carbonyl (C=O) groups is 2. The second-order valence-corrected chi connectivity index (χ2v) is 4.98. The van der Waals surface area contributed by atoms with E-state index < -0.39 is 11.9 Å². The molecular formula is C17H27NO7. The molecule has 0 unspecified atom stereocenters. The molecule has 3 N–H and O–H groups in total. The fourth-order valence-electron chi connectivity index (χ4n) is 1.57. The molecule has 0 amide bonds. The van der Waals surface area contributed by atoms with Gasteiger partial charge in [-0.1, -0.05) is 17.7 Å². The molecule has 25 heavy (non-hydrogen) atoms. The first-order valence-electron chi connectivity index (χ1n) is 7.90. The second kappa shape index (κ2) is 15.4. The van der Waals surface area contributed by atoms with Gasteiger partial charge in [-0.2, -0.15) is 0 Å². The quantitative estimate of drug-likeness (QED) is 0.399. The summed E-state index contributed by atoms with van der Waals surface area (Å²) < 4.78 is 16.0. The molecule has 8 heteroatoms. The summed E-state index contributed by atoms with van der Waals surface area (Å²) in [6, 6.07) is 8.04. The zero-order valence-electron chi connectivity index (χ0n) is 14.7. The maximum atomic E-state index is 9.10. The van der Waals surface area contributed by atoms with Crippen molar-refractivity contribution in [1.29, 1.82) is 0 Å². The number of aliphatic carboxylic acids is 2. The van der Waals surface area contributed by atoms with Crippen molar-refractivity contribution < 1.29 is 34.0 Å². The van der Waals surface area contributed by atoms with Gasteiger partial charge in [-0.15, -0.1) is 0 Å². The summed E-state index contributed by atoms with van der Waals surface area (Å²) >= 11 is 0. The van der Waals surface area contributed by atoms with Gasteiger partial charge in [0.1, 0.15) is 12.4 Å². The van der Waals surface area contributed by atoms with Crippen LogP contribution in [0.1, 0.15) is 12.0 Å². The van der Waals surface area contributed by atoms with Crippen molar-refractivity contribution in [2.45, 2.75) is 13.3 Å². The molecule has 8 nitrogen and oxygen atoms in total. The van der Waals surface area contributed by atoms with E-state index in [0.29, 0.717) is 19.8 Å². The SMILES string of the molecule is COCCCNCCOCCOc1ccc(C)cc1.O=C(O)C(=O)O. The zero-order valence-corrected chi connectivity index (χ0v) is 14.7. The molecule has 0 radical (unpaired) electrons. The number of carboxylic acid groups (broad SMARTS) is 2. The summed E-state index contributed by atoms with van der Waals surface area (Å²) in [6.07, 6.45) is 1.03. The number of benzene rings is 1. The highest BCUT2D eigenvalue weighted by molar-refractivity contribution is 6.27. The van der Waals surface area contributed by atoms with Gasteiger partial charge in [0.05, 0.1) is 13.2 Å². The lowest BCUT2D eigenvalue weighted by atomic mass is 10.2. The molecule has 0 spiro atoms. The van der Waals surface area contributed by atoms with Gasteiger partial charge < -0.3 is 29.7 Å². The Balaban J connectivity index is 0.000000823. The van der Waals surface area contributed by atoms with Crippen molar-refractivity contribution in [3.05, 3.63) is 29.8 Å². The summed E-state index contributed by atoms with van der Waals surface area (Å²) in [6.45, 7) is 6.63. The van der Waals surface area contributed by atoms with Crippen LogP contribution >= 0.6 is 0 Å². The van der Waals surface area contributed by atoms with Crippen molar-refractivity contribution >= 4 is 11.9 Å². The van der Waals surface area contributed by atoms with E-state index in [1.807, 2.05) is 24.3 Å². The first-order valence-corrected chi connectivity index (χ1v) is 7.90. The van der Waals surface area contributed by atoms with Crippen LogP contribution < -0.4 is 10.1 Å². The number of hydrogen-bond donors (Lipinski definition) is 3. The lowest BCUT2D eigenvalue weighted by Crippen LogP contribution is -2.22. The standard InChI is InChI=1S/C15H25NO3.C2H2O4/c1-14-4-6-15(7-5-14)19-13-12-18-11-9-16-8-3-10-17-2;3-1(4)2(5)6/h4-7,16H,3,8-13H2,1-2H3;(H,3,4)(H,5,6). The third kappa shape index (κ3) is 15.1. The maximum absolute atomic E-state index is 9.10. The minimum absolute atomic E-state index is 0.590. The third-order valence-electron chi connectivity index (χ3n) is 2.83. The van der Waals surface area contributed by atoms with Gasteiger partial charge in [-0.25, -0.2) is 9.59 Å². The van der Waals surface area contributed by atoms with E-state index in [-0.39, 0.29) is 0 Å². The molecular weight excluding hydrogens is 330 g/mol. The maximum Gasteiger partial charge on any atom is 0.414 e. The van der Waals surface area contributed by atoms with E-state index in [4.69, 9.17) is 34.0 Å². The smallest absolute Gasteiger partial charge is 0.414 e. The molecule has 0 fully saturated rings. The average molecular weight is 357 g/mol. The molecule has 142 valence electrons. The molecule has 1 aromatic carbocycles. The minimum Gasteiger partial charge on any atom is -0.491 e. The largest absolute Gasteiger partial charge is 0.491 e. The van der Waals surface area contributed by atoms with Crippen LogP contribution in [0.4, 0.5) is 0 Å². The van der Waals surface area contributed by atoms with E-state index in [1.165, 1.54) is 5.56 Å². The number of nitrogens with one attached hydrogen (secondary N) is 1. The molecule has 0 heterocycles. The van der Waals surface area contributed by atoms with Crippen molar-refractivity contribution in [3.8, 4) is 5.75 Å². The molecule has 0 aliphatic heterocycles. The molecule has 0 aromatic heterocycles. The summed E-state index contributed by atoms with van der Waals surface area (Å²) in [5.74, 6) is -2.75. The van der Waals surface area contributed by atoms with Crippen LogP contribution in [-0.2, 0) is 19.1 Å². The fourth-order valence-corrected chi connectivity index (χ4v) is 1.57. The van der Waals surface area contributed by atoms with Gasteiger partial charge in [-0.05, 0) is 32.0 Å². The Hall–Kier alpha value is -2.16. The fraction of sp³-hybridized carbons (Fsp3) is 0.529. The van der Waals surface area contributed by atoms with Crippen LogP contribution in [0.5, 0.6) is 5.75 Å². The number of aryl methyl sites for hydroxylation is 1. The summed E-state index contributed by atoms with van der Waals surface area (Å²) in [7, 11) is 1.72. The van der Waals surface area contributed by atoms with E-state index in [2.05, 4.69) is 12.2 Å². The van der Waals surface area contributed by atoms with Crippen molar-refractivity contribution in [2.75, 3.05) is 46.6 Å². The first-order chi connectivity index (χ1) is 12.0. The van der Waals surface area contributed by atoms with Gasteiger partial charge in [-0.3, -0.25) is 0 Å². The van der Waals surface area contributed by atoms with Gasteiger partial charge >= 0.3 is 11.9 Å². The Morgan fingerprint density at radius 3 is 2.16 bits per heavy atom. The normalized spacial score (nSPS) is 9.84. The van der Waals surface area contributed by atoms with Gasteiger partial charge in [0.2, 0.25) is 0 Å². The number of methoxy groups -OCH3 is 1. The van der Waals surface area contributed by atoms with E-state index in [1.54, 1.807) is 7.11 Å². The molecule has 1 aromatic rings. The highest BCUT2D eigenvalue weighted by Gasteiger charge is 2.04. The van der Waals surface area contributed by atoms with Crippen molar-refractivity contribution in [3.63, 3.8) is 0 Å². The van der Waals surface area contributed by atoms with E-state index in [9.17, 15) is 0 Å². The molecule has 0 saturated carbocycles. The monoisotopic (exact) mass is 357 g/mol. The van der Waals surface area contributed by atoms with Crippen molar-refractivity contribution in [2.24, 2.45) is 0 Å². The number of hydrogen-bond acceptors (Lipinski definition) is 6. The molecule has 0 saturated heterocycles. The Kier molecular flexibility index (Phi) is 14.0. The van der Waals surface area contributed by atoms with Crippen LogP contribution in [0.2, 0.25) is 0 Å². The molecule has 0 aliphatic carbocycles. The lowest BCUT2D eigenvalue weighted by molar-refractivity contribution is -0.159. The highest BCUT2D eigenvalue weighted by atomic mass is 16.5. The summed E-state index contributed by atoms with van der Waals surface area (Å²) in [4.78, 5) is 18.2. The number of ether oxygens (including phenoxy) is 3. The Bertz CT molecular complexity index is 464. The lowest BCUT2D eigenvalue weighted by Gasteiger charge is -2.08. The summed E-state index contributed by atoms with van der Waals surface area (Å²) in [5.41, 5.74) is 1.24. The van der Waals surface area contributed by atoms with Gasteiger partial charge in [0.15, 0.2) is 0 Å². The predicted octanol–water partition coefficient (Wildman–Crippen LogP) is 1.17. The van der Waals surface area contributed by atoms with Crippen molar-refractivity contribution in [1.82, 2.24) is 5.32 Å². The molecule has 1 rings (SSSR count). The first kappa shape index (κ1) is 22.8. The van der Waals surface area contributed by atoms with Gasteiger partial charge in [0, 0.05) is 20.3 Å². The predicted molar refractivity (Wildman–Crippen MR) is 92.1 cm³/mol. The third-order valence-corrected chi connectivity index (χ3v) is 2.83. The van der Waals surface area contributed by atoms with Crippen LogP contribution in [0.3, 0.4) is 0 Å². The Morgan fingerprint density at radius 2 is 1.60 bits per heavy atom. The van der Waals surface area contributed by atoms with Crippen LogP contribution in [-0.4, -0.2) is 68.8 Å². The molecule has 0 bridgehead atoms. The minimum atomic E-state index is -1.82. The molecule has 0 aliphatic rings. The van der Waals surface area contributed by atoms with E-state index >= 15 is 0 Å². The number of carboxylic acids is 2.